The van der Waals surface area contributed by atoms with Crippen LogP contribution in [0.15, 0.2) is 89.4 Å². The summed E-state index contributed by atoms with van der Waals surface area (Å²) < 4.78 is 3.54. The summed E-state index contributed by atoms with van der Waals surface area (Å²) in [4.78, 5) is 0. The monoisotopic (exact) mass is 437 g/mol. The van der Waals surface area contributed by atoms with Gasteiger partial charge in [0.05, 0.1) is 11.0 Å². The van der Waals surface area contributed by atoms with E-state index in [9.17, 15) is 0 Å². The highest BCUT2D eigenvalue weighted by atomic mass is 79.9. The van der Waals surface area contributed by atoms with Gasteiger partial charge in [0.15, 0.2) is 0 Å². The molecular formula is C27H20BrN. The molecule has 0 fully saturated rings. The summed E-state index contributed by atoms with van der Waals surface area (Å²) in [7, 11) is 0. The number of nitrogens with zero attached hydrogens (tertiary/aromatic N) is 1. The molecule has 1 aromatic heterocycles. The molecule has 4 aromatic carbocycles. The first kappa shape index (κ1) is 17.1. The van der Waals surface area contributed by atoms with Gasteiger partial charge in [-0.1, -0.05) is 84.4 Å². The van der Waals surface area contributed by atoms with E-state index in [1.54, 1.807) is 0 Å². The lowest BCUT2D eigenvalue weighted by Gasteiger charge is -2.22. The lowest BCUT2D eigenvalue weighted by atomic mass is 9.82. The van der Waals surface area contributed by atoms with Crippen LogP contribution in [-0.4, -0.2) is 4.57 Å². The topological polar surface area (TPSA) is 4.93 Å². The predicted molar refractivity (Wildman–Crippen MR) is 126 cm³/mol. The van der Waals surface area contributed by atoms with Gasteiger partial charge in [-0.15, -0.1) is 0 Å². The van der Waals surface area contributed by atoms with Gasteiger partial charge in [-0.3, -0.25) is 0 Å². The summed E-state index contributed by atoms with van der Waals surface area (Å²) in [6.07, 6.45) is 0. The SMILES string of the molecule is CC1(C)c2ccccc2-c2ccc(-n3c4ccccc4c4c(Br)cccc43)cc21. The Kier molecular flexibility index (Phi) is 3.43. The van der Waals surface area contributed by atoms with Crippen LogP contribution in [0.5, 0.6) is 0 Å². The molecule has 1 aliphatic rings. The molecule has 6 rings (SSSR count). The number of hydrogen-bond acceptors (Lipinski definition) is 0. The normalized spacial score (nSPS) is 14.3. The van der Waals surface area contributed by atoms with Gasteiger partial charge in [-0.2, -0.15) is 0 Å². The zero-order valence-electron chi connectivity index (χ0n) is 16.4. The quantitative estimate of drug-likeness (QED) is 0.251. The molecule has 5 aromatic rings. The summed E-state index contributed by atoms with van der Waals surface area (Å²) in [5.74, 6) is 0. The van der Waals surface area contributed by atoms with E-state index in [4.69, 9.17) is 0 Å². The smallest absolute Gasteiger partial charge is 0.0552 e. The first-order valence-corrected chi connectivity index (χ1v) is 10.8. The second-order valence-corrected chi connectivity index (χ2v) is 9.24. The maximum atomic E-state index is 3.78. The summed E-state index contributed by atoms with van der Waals surface area (Å²) in [5, 5.41) is 2.55. The third-order valence-electron chi connectivity index (χ3n) is 6.47. The molecule has 2 heteroatoms. The maximum absolute atomic E-state index is 3.78. The molecule has 0 saturated carbocycles. The molecule has 0 bridgehead atoms. The lowest BCUT2D eigenvalue weighted by molar-refractivity contribution is 0.660. The average molecular weight is 438 g/mol. The Morgan fingerprint density at radius 3 is 2.31 bits per heavy atom. The fourth-order valence-corrected chi connectivity index (χ4v) is 5.65. The maximum Gasteiger partial charge on any atom is 0.0552 e. The third-order valence-corrected chi connectivity index (χ3v) is 7.13. The van der Waals surface area contributed by atoms with Gasteiger partial charge in [-0.05, 0) is 52.6 Å². The van der Waals surface area contributed by atoms with Crippen LogP contribution >= 0.6 is 15.9 Å². The molecule has 0 spiro atoms. The molecule has 140 valence electrons. The zero-order valence-corrected chi connectivity index (χ0v) is 18.0. The van der Waals surface area contributed by atoms with E-state index in [0.29, 0.717) is 0 Å². The Bertz CT molecular complexity index is 1440. The molecule has 0 saturated heterocycles. The van der Waals surface area contributed by atoms with E-state index in [1.165, 1.54) is 49.7 Å². The van der Waals surface area contributed by atoms with Crippen LogP contribution in [0.2, 0.25) is 0 Å². The lowest BCUT2D eigenvalue weighted by Crippen LogP contribution is -2.15. The van der Waals surface area contributed by atoms with Crippen molar-refractivity contribution in [2.45, 2.75) is 19.3 Å². The van der Waals surface area contributed by atoms with Crippen molar-refractivity contribution in [3.8, 4) is 16.8 Å². The van der Waals surface area contributed by atoms with E-state index in [0.717, 1.165) is 4.47 Å². The summed E-state index contributed by atoms with van der Waals surface area (Å²) in [6.45, 7) is 4.67. The van der Waals surface area contributed by atoms with Crippen LogP contribution in [0.3, 0.4) is 0 Å². The van der Waals surface area contributed by atoms with E-state index in [-0.39, 0.29) is 5.41 Å². The molecular weight excluding hydrogens is 418 g/mol. The summed E-state index contributed by atoms with van der Waals surface area (Å²) in [6, 6.07) is 30.9. The number of benzene rings is 4. The molecule has 1 heterocycles. The van der Waals surface area contributed by atoms with E-state index < -0.39 is 0 Å². The minimum Gasteiger partial charge on any atom is -0.309 e. The van der Waals surface area contributed by atoms with Crippen molar-refractivity contribution in [1.82, 2.24) is 4.57 Å². The number of rotatable bonds is 1. The van der Waals surface area contributed by atoms with Crippen molar-refractivity contribution in [1.29, 1.82) is 0 Å². The van der Waals surface area contributed by atoms with Gasteiger partial charge in [0, 0.05) is 26.3 Å². The van der Waals surface area contributed by atoms with Gasteiger partial charge < -0.3 is 4.57 Å². The third kappa shape index (κ3) is 2.21. The van der Waals surface area contributed by atoms with Crippen molar-refractivity contribution in [3.63, 3.8) is 0 Å². The fraction of sp³-hybridized carbons (Fsp3) is 0.111. The Balaban J connectivity index is 1.69. The minimum atomic E-state index is 0.00127. The second kappa shape index (κ2) is 5.84. The standard InChI is InChI=1S/C27H20BrN/c1-27(2)21-10-5-3-8-18(21)19-15-14-17(16-22(19)27)29-24-12-6-4-9-20(24)26-23(28)11-7-13-25(26)29/h3-16H,1-2H3. The van der Waals surface area contributed by atoms with Crippen LogP contribution in [0.1, 0.15) is 25.0 Å². The molecule has 1 aliphatic carbocycles. The Hall–Kier alpha value is -2.84. The van der Waals surface area contributed by atoms with Gasteiger partial charge in [0.1, 0.15) is 0 Å². The summed E-state index contributed by atoms with van der Waals surface area (Å²) in [5.41, 5.74) is 9.22. The van der Waals surface area contributed by atoms with Crippen LogP contribution in [-0.2, 0) is 5.41 Å². The van der Waals surface area contributed by atoms with Crippen molar-refractivity contribution in [3.05, 3.63) is 101 Å². The average Bonchev–Trinajstić information content (AvgIpc) is 3.19. The Morgan fingerprint density at radius 2 is 1.41 bits per heavy atom. The fourth-order valence-electron chi connectivity index (χ4n) is 5.09. The van der Waals surface area contributed by atoms with E-state index in [2.05, 4.69) is 119 Å². The molecule has 29 heavy (non-hydrogen) atoms. The van der Waals surface area contributed by atoms with E-state index >= 15 is 0 Å². The number of para-hydroxylation sites is 1. The minimum absolute atomic E-state index is 0.00127. The van der Waals surface area contributed by atoms with Gasteiger partial charge in [0.2, 0.25) is 0 Å². The highest BCUT2D eigenvalue weighted by Gasteiger charge is 2.35. The first-order chi connectivity index (χ1) is 14.1. The first-order valence-electron chi connectivity index (χ1n) is 10.00. The molecule has 0 amide bonds. The Morgan fingerprint density at radius 1 is 0.690 bits per heavy atom. The van der Waals surface area contributed by atoms with Crippen LogP contribution < -0.4 is 0 Å². The molecule has 0 radical (unpaired) electrons. The van der Waals surface area contributed by atoms with Gasteiger partial charge in [-0.25, -0.2) is 0 Å². The molecule has 0 unspecified atom stereocenters. The van der Waals surface area contributed by atoms with Crippen molar-refractivity contribution < 1.29 is 0 Å². The largest absolute Gasteiger partial charge is 0.309 e. The number of aromatic nitrogens is 1. The van der Waals surface area contributed by atoms with Crippen LogP contribution in [0.4, 0.5) is 0 Å². The predicted octanol–water partition coefficient (Wildman–Crippen LogP) is 7.85. The molecule has 0 atom stereocenters. The van der Waals surface area contributed by atoms with Crippen molar-refractivity contribution >= 4 is 37.7 Å². The highest BCUT2D eigenvalue weighted by molar-refractivity contribution is 9.10. The highest BCUT2D eigenvalue weighted by Crippen LogP contribution is 2.49. The second-order valence-electron chi connectivity index (χ2n) is 8.39. The summed E-state index contributed by atoms with van der Waals surface area (Å²) >= 11 is 3.78. The Labute approximate surface area is 178 Å². The van der Waals surface area contributed by atoms with Gasteiger partial charge >= 0.3 is 0 Å². The van der Waals surface area contributed by atoms with Crippen LogP contribution in [0, 0.1) is 0 Å². The number of halogens is 1. The van der Waals surface area contributed by atoms with Crippen molar-refractivity contribution in [2.24, 2.45) is 0 Å². The molecule has 1 nitrogen and oxygen atoms in total. The zero-order chi connectivity index (χ0) is 19.8. The molecule has 0 aliphatic heterocycles. The number of fused-ring (bicyclic) bond motifs is 6. The van der Waals surface area contributed by atoms with E-state index in [1.807, 2.05) is 0 Å². The number of hydrogen-bond donors (Lipinski definition) is 0. The van der Waals surface area contributed by atoms with Crippen LogP contribution in [0.25, 0.3) is 38.6 Å². The van der Waals surface area contributed by atoms with Crippen molar-refractivity contribution in [2.75, 3.05) is 0 Å². The van der Waals surface area contributed by atoms with Gasteiger partial charge in [0.25, 0.3) is 0 Å². The molecule has 0 N–H and O–H groups in total.